The summed E-state index contributed by atoms with van der Waals surface area (Å²) in [6.45, 7) is 0. The predicted molar refractivity (Wildman–Crippen MR) is 116 cm³/mol. The van der Waals surface area contributed by atoms with Crippen LogP contribution in [0.5, 0.6) is 11.5 Å². The van der Waals surface area contributed by atoms with Gasteiger partial charge in [-0.1, -0.05) is 12.1 Å². The van der Waals surface area contributed by atoms with Gasteiger partial charge in [-0.25, -0.2) is 31.1 Å². The Morgan fingerprint density at radius 2 is 1.18 bits per heavy atom. The van der Waals surface area contributed by atoms with Crippen molar-refractivity contribution in [1.29, 1.82) is 0 Å². The number of sulfonamides is 1. The third kappa shape index (κ3) is 4.33. The van der Waals surface area contributed by atoms with E-state index in [4.69, 9.17) is 14.6 Å². The molecule has 0 amide bonds. The van der Waals surface area contributed by atoms with Gasteiger partial charge in [0.25, 0.3) is 0 Å². The van der Waals surface area contributed by atoms with E-state index in [0.29, 0.717) is 5.69 Å². The first-order chi connectivity index (χ1) is 15.4. The highest BCUT2D eigenvalue weighted by molar-refractivity contribution is 7.89. The Morgan fingerprint density at radius 3 is 1.55 bits per heavy atom. The van der Waals surface area contributed by atoms with Crippen LogP contribution in [-0.2, 0) is 10.0 Å². The molecule has 0 aliphatic rings. The second kappa shape index (κ2) is 8.91. The molecule has 0 atom stereocenters. The normalized spacial score (nSPS) is 11.4. The molecule has 6 nitrogen and oxygen atoms in total. The Bertz CT molecular complexity index is 1300. The first-order valence-corrected chi connectivity index (χ1v) is 10.9. The molecular weight excluding hydrogens is 464 g/mol. The van der Waals surface area contributed by atoms with Crippen LogP contribution in [0.1, 0.15) is 0 Å². The van der Waals surface area contributed by atoms with Crippen LogP contribution in [0.15, 0.2) is 41.3 Å². The van der Waals surface area contributed by atoms with Crippen LogP contribution in [0.3, 0.4) is 0 Å². The van der Waals surface area contributed by atoms with E-state index < -0.39 is 44.4 Å². The zero-order valence-corrected chi connectivity index (χ0v) is 18.9. The van der Waals surface area contributed by atoms with Crippen LogP contribution in [0.4, 0.5) is 23.2 Å². The zero-order chi connectivity index (χ0) is 24.7. The number of hydrogen-bond acceptors (Lipinski definition) is 5. The maximum absolute atomic E-state index is 15.1. The molecule has 11 heteroatoms. The van der Waals surface area contributed by atoms with Gasteiger partial charge in [0.2, 0.25) is 10.0 Å². The van der Waals surface area contributed by atoms with Crippen molar-refractivity contribution < 1.29 is 35.5 Å². The number of nitrogens with zero attached hydrogens (tertiary/aromatic N) is 1. The van der Waals surface area contributed by atoms with Crippen molar-refractivity contribution in [3.8, 4) is 33.8 Å². The Balaban J connectivity index is 2.41. The number of halogens is 4. The van der Waals surface area contributed by atoms with Crippen molar-refractivity contribution in [3.05, 3.63) is 59.7 Å². The van der Waals surface area contributed by atoms with Gasteiger partial charge < -0.3 is 14.4 Å². The molecule has 3 aromatic rings. The van der Waals surface area contributed by atoms with Crippen LogP contribution < -0.4 is 19.5 Å². The highest BCUT2D eigenvalue weighted by Gasteiger charge is 2.29. The number of methoxy groups -OCH3 is 2. The quantitative estimate of drug-likeness (QED) is 0.320. The van der Waals surface area contributed by atoms with Gasteiger partial charge in [-0.3, -0.25) is 0 Å². The van der Waals surface area contributed by atoms with E-state index in [9.17, 15) is 21.6 Å². The Kier molecular flexibility index (Phi) is 6.57. The maximum Gasteiger partial charge on any atom is 0.238 e. The number of ether oxygens (including phenoxy) is 2. The van der Waals surface area contributed by atoms with Crippen LogP contribution in [0.2, 0.25) is 0 Å². The highest BCUT2D eigenvalue weighted by Crippen LogP contribution is 2.45. The van der Waals surface area contributed by atoms with Crippen molar-refractivity contribution in [2.75, 3.05) is 33.2 Å². The molecule has 0 saturated heterocycles. The summed E-state index contributed by atoms with van der Waals surface area (Å²) in [4.78, 5) is 1.37. The van der Waals surface area contributed by atoms with Crippen molar-refractivity contribution >= 4 is 15.7 Å². The summed E-state index contributed by atoms with van der Waals surface area (Å²) in [6.07, 6.45) is 0. The molecule has 3 aromatic carbocycles. The lowest BCUT2D eigenvalue weighted by Gasteiger charge is -2.22. The fraction of sp³-hybridized carbons (Fsp3) is 0.182. The summed E-state index contributed by atoms with van der Waals surface area (Å²) in [5.41, 5.74) is -0.908. The summed E-state index contributed by atoms with van der Waals surface area (Å²) >= 11 is 0. The van der Waals surface area contributed by atoms with Gasteiger partial charge in [-0.05, 0) is 35.4 Å². The van der Waals surface area contributed by atoms with Gasteiger partial charge in [-0.15, -0.1) is 0 Å². The van der Waals surface area contributed by atoms with Crippen LogP contribution >= 0.6 is 0 Å². The molecule has 33 heavy (non-hydrogen) atoms. The first-order valence-electron chi connectivity index (χ1n) is 9.35. The first kappa shape index (κ1) is 24.3. The van der Waals surface area contributed by atoms with Gasteiger partial charge in [0.1, 0.15) is 17.2 Å². The maximum atomic E-state index is 15.1. The molecule has 3 rings (SSSR count). The van der Waals surface area contributed by atoms with Crippen LogP contribution in [0.25, 0.3) is 22.3 Å². The lowest BCUT2D eigenvalue weighted by molar-refractivity contribution is 0.395. The number of anilines is 1. The van der Waals surface area contributed by atoms with E-state index in [0.717, 1.165) is 24.3 Å². The van der Waals surface area contributed by atoms with Crippen LogP contribution in [0, 0.1) is 23.3 Å². The van der Waals surface area contributed by atoms with E-state index in [1.807, 2.05) is 0 Å². The molecule has 0 radical (unpaired) electrons. The smallest absolute Gasteiger partial charge is 0.238 e. The third-order valence-electron chi connectivity index (χ3n) is 4.95. The molecule has 0 heterocycles. The van der Waals surface area contributed by atoms with E-state index in [-0.39, 0.29) is 27.5 Å². The SMILES string of the molecule is COc1cc(-c2c(F)c(F)c(F)c(F)c2-c2ccc(S(N)(=O)=O)cc2)cc(OC)c1N(C)C. The van der Waals surface area contributed by atoms with Gasteiger partial charge in [0, 0.05) is 25.2 Å². The number of rotatable bonds is 6. The minimum Gasteiger partial charge on any atom is -0.494 e. The minimum absolute atomic E-state index is 0.0601. The Morgan fingerprint density at radius 1 is 0.758 bits per heavy atom. The summed E-state index contributed by atoms with van der Waals surface area (Å²) in [7, 11) is 2.04. The predicted octanol–water partition coefficient (Wildman–Crippen LogP) is 4.31. The molecule has 0 bridgehead atoms. The average Bonchev–Trinajstić information content (AvgIpc) is 2.78. The van der Waals surface area contributed by atoms with E-state index in [2.05, 4.69) is 0 Å². The number of primary sulfonamides is 1. The summed E-state index contributed by atoms with van der Waals surface area (Å²) < 4.78 is 92.3. The monoisotopic (exact) mass is 484 g/mol. The third-order valence-corrected chi connectivity index (χ3v) is 5.88. The molecular formula is C22H20F4N2O4S. The van der Waals surface area contributed by atoms with E-state index >= 15 is 4.39 Å². The van der Waals surface area contributed by atoms with Gasteiger partial charge >= 0.3 is 0 Å². The molecule has 0 unspecified atom stereocenters. The fourth-order valence-corrected chi connectivity index (χ4v) is 3.98. The van der Waals surface area contributed by atoms with E-state index in [1.165, 1.54) is 26.4 Å². The molecule has 0 fully saturated rings. The average molecular weight is 484 g/mol. The standard InChI is InChI=1S/C22H20F4N2O4S/c1-28(2)22-14(31-3)9-12(10-15(22)32-4)17-16(18(23)20(25)21(26)19(17)24)11-5-7-13(8-6-11)33(27,29)30/h5-10H,1-4H3,(H2,27,29,30). The van der Waals surface area contributed by atoms with Crippen molar-refractivity contribution in [3.63, 3.8) is 0 Å². The van der Waals surface area contributed by atoms with Crippen molar-refractivity contribution in [2.24, 2.45) is 5.14 Å². The largest absolute Gasteiger partial charge is 0.494 e. The molecule has 0 spiro atoms. The van der Waals surface area contributed by atoms with Crippen molar-refractivity contribution in [2.45, 2.75) is 4.90 Å². The molecule has 0 aromatic heterocycles. The lowest BCUT2D eigenvalue weighted by Crippen LogP contribution is -2.12. The molecule has 0 aliphatic heterocycles. The second-order valence-corrected chi connectivity index (χ2v) is 8.76. The summed E-state index contributed by atoms with van der Waals surface area (Å²) in [5, 5.41) is 5.06. The molecule has 0 saturated carbocycles. The second-order valence-electron chi connectivity index (χ2n) is 7.20. The topological polar surface area (TPSA) is 81.9 Å². The molecule has 0 aliphatic carbocycles. The number of benzene rings is 3. The molecule has 176 valence electrons. The Hall–Kier alpha value is -3.31. The van der Waals surface area contributed by atoms with Crippen LogP contribution in [-0.4, -0.2) is 36.7 Å². The van der Waals surface area contributed by atoms with Gasteiger partial charge in [0.05, 0.1) is 19.1 Å². The zero-order valence-electron chi connectivity index (χ0n) is 18.0. The summed E-state index contributed by atoms with van der Waals surface area (Å²) in [5.74, 6) is -6.89. The number of hydrogen-bond donors (Lipinski definition) is 1. The lowest BCUT2D eigenvalue weighted by atomic mass is 9.92. The van der Waals surface area contributed by atoms with E-state index in [1.54, 1.807) is 19.0 Å². The van der Waals surface area contributed by atoms with Gasteiger partial charge in [-0.2, -0.15) is 0 Å². The number of nitrogens with two attached hydrogens (primary N) is 1. The summed E-state index contributed by atoms with van der Waals surface area (Å²) in [6, 6.07) is 6.97. The highest BCUT2D eigenvalue weighted by atomic mass is 32.2. The van der Waals surface area contributed by atoms with Gasteiger partial charge in [0.15, 0.2) is 23.3 Å². The Labute approximate surface area is 188 Å². The fourth-order valence-electron chi connectivity index (χ4n) is 3.46. The van der Waals surface area contributed by atoms with Crippen molar-refractivity contribution in [1.82, 2.24) is 0 Å². The minimum atomic E-state index is -4.07. The molecule has 2 N–H and O–H groups in total.